The molecule has 0 aliphatic heterocycles. The molecule has 0 spiro atoms. The monoisotopic (exact) mass is 607 g/mol. The third kappa shape index (κ3) is 8.14. The maximum atomic E-state index is 13.9. The third-order valence-corrected chi connectivity index (χ3v) is 8.69. The van der Waals surface area contributed by atoms with E-state index in [1.54, 1.807) is 24.3 Å². The molecule has 3 aromatic carbocycles. The van der Waals surface area contributed by atoms with Gasteiger partial charge in [0, 0.05) is 25.7 Å². The topological polar surface area (TPSA) is 117 Å². The Hall–Kier alpha value is -4.35. The number of para-hydroxylation sites is 1. The zero-order chi connectivity index (χ0) is 31.1. The van der Waals surface area contributed by atoms with Gasteiger partial charge < -0.3 is 14.6 Å². The van der Waals surface area contributed by atoms with Crippen LogP contribution in [-0.4, -0.2) is 42.5 Å². The molecular weight excluding hydrogens is 573 g/mol. The summed E-state index contributed by atoms with van der Waals surface area (Å²) in [6.07, 6.45) is 1.81. The highest BCUT2D eigenvalue weighted by atomic mass is 32.2. The maximum Gasteiger partial charge on any atom is 0.243 e. The molecule has 0 fully saturated rings. The van der Waals surface area contributed by atoms with Crippen LogP contribution in [0.4, 0.5) is 10.1 Å². The fourth-order valence-electron chi connectivity index (χ4n) is 4.48. The van der Waals surface area contributed by atoms with Crippen LogP contribution in [0.3, 0.4) is 0 Å². The Morgan fingerprint density at radius 3 is 2.28 bits per heavy atom. The number of carbonyl (C=O) groups excluding carboxylic acids is 2. The van der Waals surface area contributed by atoms with Gasteiger partial charge in [-0.2, -0.15) is 4.31 Å². The molecule has 226 valence electrons. The highest BCUT2D eigenvalue weighted by Crippen LogP contribution is 2.21. The van der Waals surface area contributed by atoms with Crippen molar-refractivity contribution in [3.05, 3.63) is 106 Å². The molecule has 1 heterocycles. The van der Waals surface area contributed by atoms with E-state index in [9.17, 15) is 27.2 Å². The van der Waals surface area contributed by atoms with Gasteiger partial charge in [-0.25, -0.2) is 12.8 Å². The highest BCUT2D eigenvalue weighted by Gasteiger charge is 2.29. The fourth-order valence-corrected chi connectivity index (χ4v) is 5.88. The first kappa shape index (κ1) is 31.6. The Morgan fingerprint density at radius 2 is 1.63 bits per heavy atom. The molecule has 43 heavy (non-hydrogen) atoms. The van der Waals surface area contributed by atoms with E-state index in [-0.39, 0.29) is 47.3 Å². The molecule has 0 saturated heterocycles. The van der Waals surface area contributed by atoms with Crippen molar-refractivity contribution >= 4 is 38.5 Å². The summed E-state index contributed by atoms with van der Waals surface area (Å²) in [6.45, 7) is 4.72. The molecular formula is C32H34FN3O6S. The smallest absolute Gasteiger partial charge is 0.243 e. The van der Waals surface area contributed by atoms with Crippen molar-refractivity contribution < 1.29 is 26.8 Å². The number of hydrogen-bond acceptors (Lipinski definition) is 6. The summed E-state index contributed by atoms with van der Waals surface area (Å²) in [5.41, 5.74) is 1.37. The molecule has 0 bridgehead atoms. The van der Waals surface area contributed by atoms with Gasteiger partial charge in [0.2, 0.25) is 21.8 Å². The van der Waals surface area contributed by atoms with Gasteiger partial charge in [0.1, 0.15) is 11.4 Å². The minimum absolute atomic E-state index is 0.00879. The van der Waals surface area contributed by atoms with Gasteiger partial charge in [-0.05, 0) is 66.4 Å². The van der Waals surface area contributed by atoms with Gasteiger partial charge in [-0.3, -0.25) is 14.4 Å². The lowest BCUT2D eigenvalue weighted by Gasteiger charge is -2.28. The zero-order valence-electron chi connectivity index (χ0n) is 24.2. The SMILES string of the molecule is CC(=O)Nc1ccc(S(=O)(=O)N(CCC(C)C)CC(=O)N(Cc2ccc(F)cc2)Cc2coc3ccccc3c2=O)cc1. The van der Waals surface area contributed by atoms with Gasteiger partial charge in [0.15, 0.2) is 5.43 Å². The number of nitrogens with one attached hydrogen (secondary N) is 1. The summed E-state index contributed by atoms with van der Waals surface area (Å²) in [5.74, 6) is -1.11. The molecule has 9 nitrogen and oxygen atoms in total. The van der Waals surface area contributed by atoms with Gasteiger partial charge in [-0.1, -0.05) is 38.1 Å². The molecule has 0 aliphatic rings. The summed E-state index contributed by atoms with van der Waals surface area (Å²) >= 11 is 0. The van der Waals surface area contributed by atoms with Gasteiger partial charge >= 0.3 is 0 Å². The number of fused-ring (bicyclic) bond motifs is 1. The minimum atomic E-state index is -4.12. The molecule has 0 radical (unpaired) electrons. The Kier molecular flexibility index (Phi) is 10.1. The van der Waals surface area contributed by atoms with Crippen LogP contribution in [0.25, 0.3) is 11.0 Å². The molecule has 4 rings (SSSR count). The number of rotatable bonds is 12. The Balaban J connectivity index is 1.66. The quantitative estimate of drug-likeness (QED) is 0.238. The number of carbonyl (C=O) groups is 2. The average Bonchev–Trinajstić information content (AvgIpc) is 2.97. The number of anilines is 1. The highest BCUT2D eigenvalue weighted by molar-refractivity contribution is 7.89. The van der Waals surface area contributed by atoms with Gasteiger partial charge in [0.05, 0.1) is 35.2 Å². The van der Waals surface area contributed by atoms with Crippen molar-refractivity contribution in [2.75, 3.05) is 18.4 Å². The number of hydrogen-bond donors (Lipinski definition) is 1. The first-order valence-corrected chi connectivity index (χ1v) is 15.3. The average molecular weight is 608 g/mol. The van der Waals surface area contributed by atoms with Gasteiger partial charge in [-0.15, -0.1) is 0 Å². The van der Waals surface area contributed by atoms with Crippen molar-refractivity contribution in [3.8, 4) is 0 Å². The number of sulfonamides is 1. The summed E-state index contributed by atoms with van der Waals surface area (Å²) in [7, 11) is -4.12. The fraction of sp³-hybridized carbons (Fsp3) is 0.281. The summed E-state index contributed by atoms with van der Waals surface area (Å²) in [4.78, 5) is 39.8. The molecule has 11 heteroatoms. The zero-order valence-corrected chi connectivity index (χ0v) is 25.1. The van der Waals surface area contributed by atoms with Crippen LogP contribution in [0.1, 0.15) is 38.3 Å². The van der Waals surface area contributed by atoms with Gasteiger partial charge in [0.25, 0.3) is 0 Å². The van der Waals surface area contributed by atoms with Crippen LogP contribution >= 0.6 is 0 Å². The summed E-state index contributed by atoms with van der Waals surface area (Å²) in [5, 5.41) is 2.96. The number of benzene rings is 3. The van der Waals surface area contributed by atoms with E-state index in [4.69, 9.17) is 4.42 Å². The lowest BCUT2D eigenvalue weighted by atomic mass is 10.1. The van der Waals surface area contributed by atoms with Crippen molar-refractivity contribution in [2.45, 2.75) is 45.2 Å². The molecule has 0 aliphatic carbocycles. The third-order valence-electron chi connectivity index (χ3n) is 6.83. The normalized spacial score (nSPS) is 11.7. The summed E-state index contributed by atoms with van der Waals surface area (Å²) < 4.78 is 47.9. The molecule has 1 aromatic heterocycles. The van der Waals surface area contributed by atoms with E-state index in [1.165, 1.54) is 66.6 Å². The number of amides is 2. The van der Waals surface area contributed by atoms with Crippen molar-refractivity contribution in [3.63, 3.8) is 0 Å². The van der Waals surface area contributed by atoms with Crippen molar-refractivity contribution in [2.24, 2.45) is 5.92 Å². The van der Waals surface area contributed by atoms with E-state index in [1.807, 2.05) is 13.8 Å². The first-order valence-electron chi connectivity index (χ1n) is 13.8. The minimum Gasteiger partial charge on any atom is -0.464 e. The largest absolute Gasteiger partial charge is 0.464 e. The predicted molar refractivity (Wildman–Crippen MR) is 162 cm³/mol. The van der Waals surface area contributed by atoms with Crippen LogP contribution in [0.2, 0.25) is 0 Å². The second-order valence-corrected chi connectivity index (χ2v) is 12.6. The van der Waals surface area contributed by atoms with Crippen LogP contribution < -0.4 is 10.7 Å². The van der Waals surface area contributed by atoms with Crippen molar-refractivity contribution in [1.82, 2.24) is 9.21 Å². The number of halogens is 1. The standard InChI is InChI=1S/C32H34FN3O6S/c1-22(2)16-17-36(43(40,41)28-14-12-27(13-15-28)34-23(3)37)20-31(38)35(18-24-8-10-26(33)11-9-24)19-25-21-42-30-7-5-4-6-29(30)32(25)39/h4-15,21-22H,16-20H2,1-3H3,(H,34,37). The second kappa shape index (κ2) is 13.7. The molecule has 1 N–H and O–H groups in total. The number of nitrogens with zero attached hydrogens (tertiary/aromatic N) is 2. The van der Waals surface area contributed by atoms with Crippen LogP contribution in [0.5, 0.6) is 0 Å². The van der Waals surface area contributed by atoms with Crippen LogP contribution in [0.15, 0.2) is 93.2 Å². The Bertz CT molecular complexity index is 1750. The maximum absolute atomic E-state index is 13.9. The summed E-state index contributed by atoms with van der Waals surface area (Å²) in [6, 6.07) is 18.1. The van der Waals surface area contributed by atoms with E-state index < -0.39 is 28.3 Å². The molecule has 4 aromatic rings. The lowest BCUT2D eigenvalue weighted by molar-refractivity contribution is -0.132. The van der Waals surface area contributed by atoms with E-state index in [2.05, 4.69) is 5.32 Å². The van der Waals surface area contributed by atoms with E-state index >= 15 is 0 Å². The van der Waals surface area contributed by atoms with Crippen LogP contribution in [0, 0.1) is 11.7 Å². The lowest BCUT2D eigenvalue weighted by Crippen LogP contribution is -2.43. The second-order valence-electron chi connectivity index (χ2n) is 10.7. The molecule has 0 atom stereocenters. The van der Waals surface area contributed by atoms with Crippen molar-refractivity contribution in [1.29, 1.82) is 0 Å². The Morgan fingerprint density at radius 1 is 0.953 bits per heavy atom. The predicted octanol–water partition coefficient (Wildman–Crippen LogP) is 5.16. The van der Waals surface area contributed by atoms with E-state index in [0.29, 0.717) is 28.6 Å². The first-order chi connectivity index (χ1) is 20.4. The molecule has 0 saturated carbocycles. The van der Waals surface area contributed by atoms with Crippen LogP contribution in [-0.2, 0) is 32.7 Å². The molecule has 0 unspecified atom stereocenters. The molecule has 2 amide bonds. The van der Waals surface area contributed by atoms with E-state index in [0.717, 1.165) is 4.31 Å². The Labute approximate surface area is 250 Å².